The van der Waals surface area contributed by atoms with Gasteiger partial charge in [0.1, 0.15) is 0 Å². The highest BCUT2D eigenvalue weighted by atomic mass is 16.2. The van der Waals surface area contributed by atoms with Crippen LogP contribution in [0.2, 0.25) is 0 Å². The summed E-state index contributed by atoms with van der Waals surface area (Å²) < 4.78 is 0. The number of likely N-dealkylation sites (N-methyl/N-ethyl adjacent to an activating group) is 1. The Kier molecular flexibility index (Phi) is 7.20. The van der Waals surface area contributed by atoms with Crippen molar-refractivity contribution in [1.29, 1.82) is 0 Å². The summed E-state index contributed by atoms with van der Waals surface area (Å²) >= 11 is 0. The lowest BCUT2D eigenvalue weighted by Gasteiger charge is -2.12. The van der Waals surface area contributed by atoms with Crippen LogP contribution >= 0.6 is 0 Å². The van der Waals surface area contributed by atoms with Crippen molar-refractivity contribution in [3.8, 4) is 44.5 Å². The van der Waals surface area contributed by atoms with Gasteiger partial charge < -0.3 is 9.97 Å². The van der Waals surface area contributed by atoms with Crippen LogP contribution in [0.4, 0.5) is 0 Å². The second kappa shape index (κ2) is 12.4. The molecule has 7 heteroatoms. The zero-order valence-corrected chi connectivity index (χ0v) is 29.2. The zero-order chi connectivity index (χ0) is 36.3. The highest BCUT2D eigenvalue weighted by Gasteiger charge is 2.44. The average molecular weight is 698 g/mol. The van der Waals surface area contributed by atoms with E-state index in [1.54, 1.807) is 0 Å². The molecular weight excluding hydrogens is 667 g/mol. The summed E-state index contributed by atoms with van der Waals surface area (Å²) in [6.45, 7) is 0. The Balaban J connectivity index is 1.46. The van der Waals surface area contributed by atoms with Gasteiger partial charge in [-0.1, -0.05) is 121 Å². The quantitative estimate of drug-likeness (QED) is 0.179. The van der Waals surface area contributed by atoms with Crippen LogP contribution in [0.3, 0.4) is 0 Å². The van der Waals surface area contributed by atoms with Gasteiger partial charge in [0.25, 0.3) is 11.8 Å². The van der Waals surface area contributed by atoms with Gasteiger partial charge in [-0.15, -0.1) is 0 Å². The van der Waals surface area contributed by atoms with Crippen LogP contribution in [-0.2, 0) is 9.59 Å². The number of carbonyl (C=O) groups excluding carboxylic acids is 2. The van der Waals surface area contributed by atoms with Crippen molar-refractivity contribution in [2.24, 2.45) is 0 Å². The third kappa shape index (κ3) is 4.90. The molecule has 256 valence electrons. The second-order valence-corrected chi connectivity index (χ2v) is 13.5. The van der Waals surface area contributed by atoms with Gasteiger partial charge in [0, 0.05) is 51.4 Å². The van der Waals surface area contributed by atoms with E-state index in [9.17, 15) is 9.59 Å². The van der Waals surface area contributed by atoms with Crippen molar-refractivity contribution < 1.29 is 9.59 Å². The first-order chi connectivity index (χ1) is 26.5. The van der Waals surface area contributed by atoms with E-state index in [1.807, 2.05) is 109 Å². The number of rotatable bonds is 4. The summed E-state index contributed by atoms with van der Waals surface area (Å²) in [7, 11) is 1.54. The smallest absolute Gasteiger partial charge is 0.263 e. The molecule has 8 bridgehead atoms. The Bertz CT molecular complexity index is 2710. The number of hydrogen-bond donors (Lipinski definition) is 2. The molecule has 3 aromatic heterocycles. The predicted molar refractivity (Wildman–Crippen MR) is 216 cm³/mol. The van der Waals surface area contributed by atoms with Gasteiger partial charge in [0.2, 0.25) is 0 Å². The first-order valence-electron chi connectivity index (χ1n) is 17.8. The van der Waals surface area contributed by atoms with Crippen molar-refractivity contribution >= 4 is 57.2 Å². The van der Waals surface area contributed by atoms with Gasteiger partial charge >= 0.3 is 0 Å². The molecule has 7 nitrogen and oxygen atoms in total. The van der Waals surface area contributed by atoms with Gasteiger partial charge in [0.05, 0.1) is 33.9 Å². The van der Waals surface area contributed by atoms with Crippen LogP contribution in [0, 0.1) is 0 Å². The number of benzene rings is 4. The summed E-state index contributed by atoms with van der Waals surface area (Å²) in [5.41, 5.74) is 13.3. The highest BCUT2D eigenvalue weighted by molar-refractivity contribution is 6.50. The molecule has 4 aromatic carbocycles. The molecule has 0 fully saturated rings. The minimum Gasteiger partial charge on any atom is -0.354 e. The number of imide groups is 1. The molecule has 10 rings (SSSR count). The van der Waals surface area contributed by atoms with Gasteiger partial charge in [-0.3, -0.25) is 14.5 Å². The largest absolute Gasteiger partial charge is 0.354 e. The van der Waals surface area contributed by atoms with Crippen molar-refractivity contribution in [2.75, 3.05) is 7.05 Å². The Morgan fingerprint density at radius 2 is 0.722 bits per heavy atom. The SMILES string of the molecule is CN1C(=O)C2=C(C1=O)c1nc2c(-c2ccccc2)c2ccc([nH]2)c(-c2ccccc2)c2nc(c(-c3ccccc3)c3ccc([nH]3)c1-c1ccccc1)C=C2. The summed E-state index contributed by atoms with van der Waals surface area (Å²) in [5.74, 6) is -0.767. The summed E-state index contributed by atoms with van der Waals surface area (Å²) in [4.78, 5) is 47.7. The summed E-state index contributed by atoms with van der Waals surface area (Å²) in [6, 6.07) is 48.4. The summed E-state index contributed by atoms with van der Waals surface area (Å²) in [5, 5.41) is 0. The lowest BCUT2D eigenvalue weighted by molar-refractivity contribution is -0.134. The average Bonchev–Trinajstić information content (AvgIpc) is 4.07. The predicted octanol–water partition coefficient (Wildman–Crippen LogP) is 10.1. The number of hydrogen-bond acceptors (Lipinski definition) is 4. The Morgan fingerprint density at radius 1 is 0.407 bits per heavy atom. The summed E-state index contributed by atoms with van der Waals surface area (Å²) in [6.07, 6.45) is 4.15. The molecule has 3 aliphatic heterocycles. The third-order valence-corrected chi connectivity index (χ3v) is 10.3. The molecule has 0 atom stereocenters. The fraction of sp³-hybridized carbons (Fsp3) is 0.0213. The lowest BCUT2D eigenvalue weighted by atomic mass is 9.96. The fourth-order valence-electron chi connectivity index (χ4n) is 7.82. The molecule has 6 heterocycles. The van der Waals surface area contributed by atoms with E-state index in [-0.39, 0.29) is 11.8 Å². The standard InChI is InChI=1S/C47H31N5O2/c1-52-46(53)42-43(47(52)54)45-41(31-20-12-5-13-21-31)37-27-25-35(50-37)39(29-16-8-3-9-17-29)33-23-22-32(48-33)38(28-14-6-2-7-15-28)34-24-26-36(49-34)40(44(42)51-45)30-18-10-4-11-19-30/h2-27,49-50H,1H3. The van der Waals surface area contributed by atoms with Gasteiger partial charge in [-0.05, 0) is 58.7 Å². The first-order valence-corrected chi connectivity index (χ1v) is 17.8. The van der Waals surface area contributed by atoms with E-state index in [0.29, 0.717) is 22.5 Å². The fourth-order valence-corrected chi connectivity index (χ4v) is 7.82. The molecule has 0 spiro atoms. The molecule has 0 aliphatic carbocycles. The van der Waals surface area contributed by atoms with E-state index < -0.39 is 0 Å². The van der Waals surface area contributed by atoms with Crippen LogP contribution < -0.4 is 0 Å². The van der Waals surface area contributed by atoms with Crippen LogP contribution in [0.25, 0.3) is 89.9 Å². The van der Waals surface area contributed by atoms with Crippen LogP contribution in [0.5, 0.6) is 0 Å². The number of fused-ring (bicyclic) bond motifs is 10. The molecule has 2 amide bonds. The molecule has 0 radical (unpaired) electrons. The van der Waals surface area contributed by atoms with E-state index in [0.717, 1.165) is 78.0 Å². The van der Waals surface area contributed by atoms with E-state index in [1.165, 1.54) is 11.9 Å². The molecule has 54 heavy (non-hydrogen) atoms. The molecule has 0 saturated heterocycles. The third-order valence-electron chi connectivity index (χ3n) is 10.3. The van der Waals surface area contributed by atoms with Gasteiger partial charge in [-0.2, -0.15) is 0 Å². The van der Waals surface area contributed by atoms with Crippen LogP contribution in [-0.4, -0.2) is 43.7 Å². The molecule has 3 aliphatic rings. The molecule has 0 saturated carbocycles. The maximum atomic E-state index is 14.2. The maximum Gasteiger partial charge on any atom is 0.263 e. The van der Waals surface area contributed by atoms with Crippen molar-refractivity contribution in [2.45, 2.75) is 0 Å². The zero-order valence-electron chi connectivity index (χ0n) is 29.2. The minimum absolute atomic E-state index is 0.294. The molecule has 2 N–H and O–H groups in total. The van der Waals surface area contributed by atoms with Crippen molar-refractivity contribution in [3.63, 3.8) is 0 Å². The van der Waals surface area contributed by atoms with Crippen LogP contribution in [0.15, 0.2) is 146 Å². The van der Waals surface area contributed by atoms with E-state index in [4.69, 9.17) is 9.97 Å². The normalized spacial score (nSPS) is 13.5. The van der Waals surface area contributed by atoms with Crippen LogP contribution in [0.1, 0.15) is 22.8 Å². The lowest BCUT2D eigenvalue weighted by Crippen LogP contribution is -2.27. The maximum absolute atomic E-state index is 14.2. The highest BCUT2D eigenvalue weighted by Crippen LogP contribution is 2.46. The van der Waals surface area contributed by atoms with Gasteiger partial charge in [-0.25, -0.2) is 9.97 Å². The van der Waals surface area contributed by atoms with Crippen molar-refractivity contribution in [1.82, 2.24) is 24.8 Å². The Hall–Kier alpha value is -7.38. The number of aromatic amines is 2. The Morgan fingerprint density at radius 3 is 1.07 bits per heavy atom. The minimum atomic E-state index is -0.383. The molecular formula is C47H31N5O2. The van der Waals surface area contributed by atoms with Gasteiger partial charge in [0.15, 0.2) is 0 Å². The Labute approximate surface area is 310 Å². The first kappa shape index (κ1) is 31.4. The number of carbonyl (C=O) groups is 2. The second-order valence-electron chi connectivity index (χ2n) is 13.5. The topological polar surface area (TPSA) is 94.7 Å². The van der Waals surface area contributed by atoms with E-state index >= 15 is 0 Å². The molecule has 7 aromatic rings. The number of amides is 2. The monoisotopic (exact) mass is 697 g/mol. The number of H-pyrrole nitrogens is 2. The van der Waals surface area contributed by atoms with E-state index in [2.05, 4.69) is 58.5 Å². The van der Waals surface area contributed by atoms with Crippen molar-refractivity contribution in [3.05, 3.63) is 168 Å². The number of nitrogens with one attached hydrogen (secondary N) is 2. The number of nitrogens with zero attached hydrogens (tertiary/aromatic N) is 3. The molecule has 0 unspecified atom stereocenters. The number of aromatic nitrogens is 4.